The molecule has 0 spiro atoms. The maximum absolute atomic E-state index is 12.8. The van der Waals surface area contributed by atoms with Gasteiger partial charge in [-0.1, -0.05) is 30.3 Å². The van der Waals surface area contributed by atoms with Crippen molar-refractivity contribution in [3.05, 3.63) is 101 Å². The smallest absolute Gasteiger partial charge is 0.322 e. The molecule has 3 rings (SSSR count). The normalized spacial score (nSPS) is 11.5. The van der Waals surface area contributed by atoms with E-state index in [0.717, 1.165) is 48.5 Å². The van der Waals surface area contributed by atoms with Crippen molar-refractivity contribution in [2.45, 2.75) is 12.4 Å². The maximum atomic E-state index is 12.8. The van der Waals surface area contributed by atoms with E-state index in [4.69, 9.17) is 0 Å². The Bertz CT molecular complexity index is 1110. The van der Waals surface area contributed by atoms with Crippen LogP contribution in [0.25, 0.3) is 6.08 Å². The first-order valence-corrected chi connectivity index (χ1v) is 9.67. The van der Waals surface area contributed by atoms with E-state index in [9.17, 15) is 35.9 Å². The molecule has 0 heterocycles. The first kappa shape index (κ1) is 24.6. The van der Waals surface area contributed by atoms with E-state index in [-0.39, 0.29) is 11.4 Å². The molecule has 0 aliphatic rings. The largest absolute Gasteiger partial charge is 0.416 e. The molecular formula is C24H16F6N2O2. The second kappa shape index (κ2) is 9.82. The Morgan fingerprint density at radius 3 is 1.32 bits per heavy atom. The first-order chi connectivity index (χ1) is 15.9. The van der Waals surface area contributed by atoms with Crippen LogP contribution >= 0.6 is 0 Å². The minimum absolute atomic E-state index is 0.0132. The summed E-state index contributed by atoms with van der Waals surface area (Å²) in [6.07, 6.45) is -7.86. The summed E-state index contributed by atoms with van der Waals surface area (Å²) in [6, 6.07) is 15.5. The SMILES string of the molecule is O=C(Nc1ccc(C(F)(F)F)cc1)C(=Cc1ccccc1)C(=O)Nc1ccc(C(F)(F)F)cc1. The summed E-state index contributed by atoms with van der Waals surface area (Å²) in [5.74, 6) is -1.85. The van der Waals surface area contributed by atoms with E-state index in [1.165, 1.54) is 6.08 Å². The van der Waals surface area contributed by atoms with Gasteiger partial charge in [0.05, 0.1) is 11.1 Å². The molecule has 0 fully saturated rings. The summed E-state index contributed by atoms with van der Waals surface area (Å²) >= 11 is 0. The van der Waals surface area contributed by atoms with Gasteiger partial charge in [0, 0.05) is 11.4 Å². The molecule has 4 nitrogen and oxygen atoms in total. The number of carbonyl (C=O) groups excluding carboxylic acids is 2. The number of anilines is 2. The van der Waals surface area contributed by atoms with Crippen LogP contribution in [0.1, 0.15) is 16.7 Å². The van der Waals surface area contributed by atoms with Crippen LogP contribution in [-0.4, -0.2) is 11.8 Å². The lowest BCUT2D eigenvalue weighted by molar-refractivity contribution is -0.138. The fourth-order valence-corrected chi connectivity index (χ4v) is 2.83. The molecule has 0 bridgehead atoms. The van der Waals surface area contributed by atoms with Gasteiger partial charge in [0.15, 0.2) is 0 Å². The van der Waals surface area contributed by atoms with Gasteiger partial charge in [-0.3, -0.25) is 9.59 Å². The summed E-state index contributed by atoms with van der Waals surface area (Å²) in [7, 11) is 0. The number of amides is 2. The lowest BCUT2D eigenvalue weighted by atomic mass is 10.1. The number of nitrogens with one attached hydrogen (secondary N) is 2. The highest BCUT2D eigenvalue weighted by atomic mass is 19.4. The maximum Gasteiger partial charge on any atom is 0.416 e. The van der Waals surface area contributed by atoms with Crippen molar-refractivity contribution in [1.82, 2.24) is 0 Å². The van der Waals surface area contributed by atoms with Crippen molar-refractivity contribution in [2.24, 2.45) is 0 Å². The van der Waals surface area contributed by atoms with Gasteiger partial charge < -0.3 is 10.6 Å². The lowest BCUT2D eigenvalue weighted by Gasteiger charge is -2.12. The van der Waals surface area contributed by atoms with Gasteiger partial charge in [0.2, 0.25) is 0 Å². The average Bonchev–Trinajstić information content (AvgIpc) is 2.77. The average molecular weight is 478 g/mol. The number of rotatable bonds is 5. The Morgan fingerprint density at radius 2 is 0.971 bits per heavy atom. The molecule has 0 unspecified atom stereocenters. The third-order valence-corrected chi connectivity index (χ3v) is 4.54. The third kappa shape index (κ3) is 6.47. The summed E-state index contributed by atoms with van der Waals surface area (Å²) < 4.78 is 76.5. The second-order valence-electron chi connectivity index (χ2n) is 7.03. The standard InChI is InChI=1S/C24H16F6N2O2/c25-23(26,27)16-6-10-18(11-7-16)31-21(33)20(14-15-4-2-1-3-5-15)22(34)32-19-12-8-17(9-13-19)24(28,29)30/h1-14H,(H,31,33)(H,32,34). The number of carbonyl (C=O) groups is 2. The van der Waals surface area contributed by atoms with Crippen molar-refractivity contribution in [1.29, 1.82) is 0 Å². The van der Waals surface area contributed by atoms with Crippen LogP contribution in [0, 0.1) is 0 Å². The third-order valence-electron chi connectivity index (χ3n) is 4.54. The quantitative estimate of drug-likeness (QED) is 0.193. The van der Waals surface area contributed by atoms with Crippen molar-refractivity contribution >= 4 is 29.3 Å². The number of halogens is 6. The highest BCUT2D eigenvalue weighted by Gasteiger charge is 2.31. The van der Waals surface area contributed by atoms with E-state index >= 15 is 0 Å². The molecule has 10 heteroatoms. The first-order valence-electron chi connectivity index (χ1n) is 9.67. The number of benzene rings is 3. The molecule has 34 heavy (non-hydrogen) atoms. The van der Waals surface area contributed by atoms with Gasteiger partial charge in [-0.25, -0.2) is 0 Å². The zero-order valence-corrected chi connectivity index (χ0v) is 17.2. The van der Waals surface area contributed by atoms with Gasteiger partial charge in [-0.15, -0.1) is 0 Å². The van der Waals surface area contributed by atoms with Gasteiger partial charge >= 0.3 is 12.4 Å². The van der Waals surface area contributed by atoms with Gasteiger partial charge in [-0.2, -0.15) is 26.3 Å². The Labute approximate surface area is 189 Å². The number of alkyl halides is 6. The van der Waals surface area contributed by atoms with Gasteiger partial charge in [0.1, 0.15) is 5.57 Å². The minimum Gasteiger partial charge on any atom is -0.322 e. The summed E-state index contributed by atoms with van der Waals surface area (Å²) in [4.78, 5) is 25.6. The molecular weight excluding hydrogens is 462 g/mol. The monoisotopic (exact) mass is 478 g/mol. The van der Waals surface area contributed by atoms with E-state index < -0.39 is 40.9 Å². The lowest BCUT2D eigenvalue weighted by Crippen LogP contribution is -2.25. The van der Waals surface area contributed by atoms with Crippen LogP contribution in [0.4, 0.5) is 37.7 Å². The van der Waals surface area contributed by atoms with E-state index in [0.29, 0.717) is 5.56 Å². The molecule has 0 saturated heterocycles. The topological polar surface area (TPSA) is 58.2 Å². The molecule has 0 aromatic heterocycles. The Morgan fingerprint density at radius 1 is 0.588 bits per heavy atom. The molecule has 0 radical (unpaired) electrons. The molecule has 2 N–H and O–H groups in total. The zero-order chi connectivity index (χ0) is 24.9. The Balaban J connectivity index is 1.84. The van der Waals surface area contributed by atoms with Crippen molar-refractivity contribution in [3.63, 3.8) is 0 Å². The molecule has 0 saturated carbocycles. The Hall–Kier alpha value is -4.08. The summed E-state index contributed by atoms with van der Waals surface area (Å²) in [5.41, 5.74) is -1.73. The zero-order valence-electron chi connectivity index (χ0n) is 17.2. The van der Waals surface area contributed by atoms with Gasteiger partial charge in [0.25, 0.3) is 11.8 Å². The van der Waals surface area contributed by atoms with Crippen molar-refractivity contribution in [3.8, 4) is 0 Å². The molecule has 3 aromatic rings. The van der Waals surface area contributed by atoms with Crippen LogP contribution in [0.5, 0.6) is 0 Å². The number of hydrogen-bond acceptors (Lipinski definition) is 2. The molecule has 176 valence electrons. The van der Waals surface area contributed by atoms with Crippen LogP contribution < -0.4 is 10.6 Å². The summed E-state index contributed by atoms with van der Waals surface area (Å²) in [6.45, 7) is 0. The molecule has 2 amide bonds. The fraction of sp³-hybridized carbons (Fsp3) is 0.0833. The van der Waals surface area contributed by atoms with E-state index in [2.05, 4.69) is 10.6 Å². The fourth-order valence-electron chi connectivity index (χ4n) is 2.83. The number of hydrogen-bond donors (Lipinski definition) is 2. The molecule has 0 aliphatic carbocycles. The molecule has 3 aromatic carbocycles. The van der Waals surface area contributed by atoms with Crippen LogP contribution in [0.2, 0.25) is 0 Å². The highest BCUT2D eigenvalue weighted by molar-refractivity contribution is 6.28. The van der Waals surface area contributed by atoms with Crippen LogP contribution in [0.3, 0.4) is 0 Å². The van der Waals surface area contributed by atoms with Crippen molar-refractivity contribution in [2.75, 3.05) is 10.6 Å². The van der Waals surface area contributed by atoms with Gasteiger partial charge in [-0.05, 0) is 60.2 Å². The highest BCUT2D eigenvalue weighted by Crippen LogP contribution is 2.31. The molecule has 0 atom stereocenters. The van der Waals surface area contributed by atoms with E-state index in [1.807, 2.05) is 0 Å². The van der Waals surface area contributed by atoms with Crippen LogP contribution in [-0.2, 0) is 21.9 Å². The summed E-state index contributed by atoms with van der Waals surface area (Å²) in [5, 5.41) is 4.70. The minimum atomic E-state index is -4.55. The predicted molar refractivity (Wildman–Crippen MR) is 115 cm³/mol. The molecule has 0 aliphatic heterocycles. The van der Waals surface area contributed by atoms with Crippen LogP contribution in [0.15, 0.2) is 84.4 Å². The van der Waals surface area contributed by atoms with Crippen molar-refractivity contribution < 1.29 is 35.9 Å². The Kier molecular flexibility index (Phi) is 7.09. The van der Waals surface area contributed by atoms with E-state index in [1.54, 1.807) is 30.3 Å². The predicted octanol–water partition coefficient (Wildman–Crippen LogP) is 6.39. The second-order valence-corrected chi connectivity index (χ2v) is 7.03.